The molecular weight excluding hydrogens is 425 g/mol. The van der Waals surface area contributed by atoms with Gasteiger partial charge in [0.1, 0.15) is 24.2 Å². The monoisotopic (exact) mass is 455 g/mol. The van der Waals surface area contributed by atoms with Crippen LogP contribution in [0.25, 0.3) is 22.3 Å². The number of pyridine rings is 2. The van der Waals surface area contributed by atoms with E-state index >= 15 is 0 Å². The van der Waals surface area contributed by atoms with Gasteiger partial charge in [-0.3, -0.25) is 4.98 Å². The first kappa shape index (κ1) is 21.6. The molecule has 32 heavy (non-hydrogen) atoms. The molecule has 0 aliphatic carbocycles. The molecule has 0 amide bonds. The smallest absolute Gasteiger partial charge is 0.150 e. The zero-order chi connectivity index (χ0) is 22.3. The lowest BCUT2D eigenvalue weighted by Gasteiger charge is -2.35. The van der Waals surface area contributed by atoms with Gasteiger partial charge in [-0.15, -0.1) is 0 Å². The van der Waals surface area contributed by atoms with Crippen LogP contribution >= 0.6 is 7.14 Å². The number of rotatable bonds is 4. The summed E-state index contributed by atoms with van der Waals surface area (Å²) < 4.78 is 26.9. The lowest BCUT2D eigenvalue weighted by molar-refractivity contribution is -0.0383. The summed E-state index contributed by atoms with van der Waals surface area (Å²) in [6.45, 7) is 8.55. The Labute approximate surface area is 188 Å². The topological polar surface area (TPSA) is 82.4 Å². The number of anilines is 1. The fourth-order valence-corrected chi connectivity index (χ4v) is 5.80. The van der Waals surface area contributed by atoms with Crippen molar-refractivity contribution in [1.82, 2.24) is 19.7 Å². The Morgan fingerprint density at radius 1 is 1.16 bits per heavy atom. The third kappa shape index (κ3) is 3.96. The number of ether oxygens (including phenoxy) is 2. The van der Waals surface area contributed by atoms with E-state index in [4.69, 9.17) is 19.4 Å². The summed E-state index contributed by atoms with van der Waals surface area (Å²) in [5.74, 6) is 0.821. The van der Waals surface area contributed by atoms with Crippen molar-refractivity contribution >= 4 is 29.2 Å². The number of fused-ring (bicyclic) bond motifs is 1. The van der Waals surface area contributed by atoms with Crippen LogP contribution in [-0.2, 0) is 14.0 Å². The van der Waals surface area contributed by atoms with Crippen LogP contribution in [0, 0.1) is 0 Å². The minimum Gasteiger partial charge on any atom is -0.377 e. The summed E-state index contributed by atoms with van der Waals surface area (Å²) in [4.78, 5) is 12.0. The average Bonchev–Trinajstić information content (AvgIpc) is 3.28. The van der Waals surface area contributed by atoms with Crippen LogP contribution in [0.4, 0.5) is 5.82 Å². The zero-order valence-electron chi connectivity index (χ0n) is 18.9. The quantitative estimate of drug-likeness (QED) is 0.555. The third-order valence-corrected chi connectivity index (χ3v) is 7.81. The molecule has 170 valence electrons. The average molecular weight is 455 g/mol. The maximum Gasteiger partial charge on any atom is 0.150 e. The second-order valence-corrected chi connectivity index (χ2v) is 12.2. The molecule has 0 radical (unpaired) electrons. The van der Waals surface area contributed by atoms with E-state index in [1.165, 1.54) is 0 Å². The molecule has 9 heteroatoms. The fraction of sp³-hybridized carbons (Fsp3) is 0.522. The molecule has 1 unspecified atom stereocenters. The van der Waals surface area contributed by atoms with Crippen LogP contribution in [0.3, 0.4) is 0 Å². The van der Waals surface area contributed by atoms with Crippen molar-refractivity contribution < 1.29 is 14.0 Å². The van der Waals surface area contributed by atoms with Gasteiger partial charge in [0.25, 0.3) is 0 Å². The summed E-state index contributed by atoms with van der Waals surface area (Å²) >= 11 is 0. The normalized spacial score (nSPS) is 22.4. The second kappa shape index (κ2) is 8.58. The molecule has 0 bridgehead atoms. The fourth-order valence-electron chi connectivity index (χ4n) is 4.62. The molecule has 0 saturated carbocycles. The standard InChI is InChI=1S/C23H30N5O3P/c1-16-15-30-13-11-27(16)20-14-19(32(2,3)29)17-7-9-24-23(22(17)26-20)18-8-10-25-28(18)21-6-4-5-12-31-21/h7-10,14,16,21H,4-6,11-13,15H2,1-3H3/t16-,21?/m1/s1. The summed E-state index contributed by atoms with van der Waals surface area (Å²) in [6, 6.07) is 6.07. The molecule has 5 rings (SSSR count). The van der Waals surface area contributed by atoms with Gasteiger partial charge in [0.15, 0.2) is 6.23 Å². The van der Waals surface area contributed by atoms with E-state index in [-0.39, 0.29) is 12.3 Å². The van der Waals surface area contributed by atoms with Crippen molar-refractivity contribution in [2.75, 3.05) is 44.6 Å². The maximum absolute atomic E-state index is 13.3. The van der Waals surface area contributed by atoms with E-state index in [0.717, 1.165) is 65.8 Å². The second-order valence-electron chi connectivity index (χ2n) is 9.01. The van der Waals surface area contributed by atoms with Crippen molar-refractivity contribution in [3.63, 3.8) is 0 Å². The SMILES string of the molecule is C[C@@H]1COCCN1c1cc(P(C)(C)=O)c2ccnc(-c3ccnn3C3CCCCO3)c2n1. The predicted molar refractivity (Wildman–Crippen MR) is 126 cm³/mol. The Bertz CT molecular complexity index is 1170. The molecule has 5 heterocycles. The highest BCUT2D eigenvalue weighted by molar-refractivity contribution is 7.70. The third-order valence-electron chi connectivity index (χ3n) is 6.28. The molecule has 0 N–H and O–H groups in total. The number of morpholine rings is 1. The summed E-state index contributed by atoms with van der Waals surface area (Å²) in [5.41, 5.74) is 2.36. The molecular formula is C23H30N5O3P. The first-order chi connectivity index (χ1) is 15.4. The van der Waals surface area contributed by atoms with Gasteiger partial charge < -0.3 is 18.9 Å². The highest BCUT2D eigenvalue weighted by Crippen LogP contribution is 2.40. The summed E-state index contributed by atoms with van der Waals surface area (Å²) in [7, 11) is -2.57. The van der Waals surface area contributed by atoms with Crippen LogP contribution in [-0.4, -0.2) is 65.5 Å². The molecule has 2 fully saturated rings. The summed E-state index contributed by atoms with van der Waals surface area (Å²) in [6.07, 6.45) is 6.57. The predicted octanol–water partition coefficient (Wildman–Crippen LogP) is 3.67. The van der Waals surface area contributed by atoms with Gasteiger partial charge in [0.05, 0.1) is 24.9 Å². The molecule has 2 saturated heterocycles. The number of hydrogen-bond donors (Lipinski definition) is 0. The van der Waals surface area contributed by atoms with E-state index in [1.807, 2.05) is 36.2 Å². The number of hydrogen-bond acceptors (Lipinski definition) is 7. The first-order valence-corrected chi connectivity index (χ1v) is 13.9. The maximum atomic E-state index is 13.3. The lowest BCUT2D eigenvalue weighted by atomic mass is 10.1. The molecule has 0 aromatic carbocycles. The lowest BCUT2D eigenvalue weighted by Crippen LogP contribution is -2.44. The summed E-state index contributed by atoms with van der Waals surface area (Å²) in [5, 5.41) is 6.27. The van der Waals surface area contributed by atoms with Gasteiger partial charge in [0, 0.05) is 36.2 Å². The van der Waals surface area contributed by atoms with Crippen LogP contribution in [0.15, 0.2) is 30.6 Å². The highest BCUT2D eigenvalue weighted by Gasteiger charge is 2.27. The number of nitrogens with zero attached hydrogens (tertiary/aromatic N) is 5. The van der Waals surface area contributed by atoms with Crippen molar-refractivity contribution in [3.05, 3.63) is 30.6 Å². The van der Waals surface area contributed by atoms with Crippen LogP contribution in [0.1, 0.15) is 32.4 Å². The van der Waals surface area contributed by atoms with Crippen molar-refractivity contribution in [1.29, 1.82) is 0 Å². The minimum atomic E-state index is -2.57. The minimum absolute atomic E-state index is 0.101. The van der Waals surface area contributed by atoms with Gasteiger partial charge in [-0.1, -0.05) is 0 Å². The molecule has 2 aliphatic heterocycles. The molecule has 2 atom stereocenters. The molecule has 2 aliphatic rings. The molecule has 0 spiro atoms. The number of aromatic nitrogens is 4. The Balaban J connectivity index is 1.71. The van der Waals surface area contributed by atoms with Crippen LogP contribution in [0.2, 0.25) is 0 Å². The van der Waals surface area contributed by atoms with Crippen LogP contribution < -0.4 is 10.2 Å². The van der Waals surface area contributed by atoms with Crippen molar-refractivity contribution in [3.8, 4) is 11.4 Å². The Kier molecular flexibility index (Phi) is 5.78. The highest BCUT2D eigenvalue weighted by atomic mass is 31.2. The Morgan fingerprint density at radius 3 is 2.78 bits per heavy atom. The Hall–Kier alpha value is -2.28. The Morgan fingerprint density at radius 2 is 2.03 bits per heavy atom. The van der Waals surface area contributed by atoms with Crippen molar-refractivity contribution in [2.45, 2.75) is 38.5 Å². The van der Waals surface area contributed by atoms with E-state index in [9.17, 15) is 4.57 Å². The van der Waals surface area contributed by atoms with E-state index in [1.54, 1.807) is 12.4 Å². The van der Waals surface area contributed by atoms with Crippen molar-refractivity contribution in [2.24, 2.45) is 0 Å². The van der Waals surface area contributed by atoms with Gasteiger partial charge in [-0.2, -0.15) is 5.10 Å². The molecule has 3 aromatic rings. The van der Waals surface area contributed by atoms with Gasteiger partial charge in [-0.25, -0.2) is 9.67 Å². The zero-order valence-corrected chi connectivity index (χ0v) is 19.8. The van der Waals surface area contributed by atoms with E-state index in [2.05, 4.69) is 16.9 Å². The van der Waals surface area contributed by atoms with Gasteiger partial charge in [-0.05, 0) is 57.7 Å². The molecule has 3 aromatic heterocycles. The largest absolute Gasteiger partial charge is 0.377 e. The first-order valence-electron chi connectivity index (χ1n) is 11.3. The van der Waals surface area contributed by atoms with E-state index in [0.29, 0.717) is 13.2 Å². The van der Waals surface area contributed by atoms with Gasteiger partial charge in [0.2, 0.25) is 0 Å². The van der Waals surface area contributed by atoms with E-state index < -0.39 is 7.14 Å². The van der Waals surface area contributed by atoms with Gasteiger partial charge >= 0.3 is 0 Å². The molecule has 8 nitrogen and oxygen atoms in total. The van der Waals surface area contributed by atoms with Crippen LogP contribution in [0.5, 0.6) is 0 Å².